The van der Waals surface area contributed by atoms with Crippen molar-refractivity contribution < 1.29 is 19.5 Å². The number of nitrogens with zero attached hydrogens (tertiary/aromatic N) is 3. The molecule has 1 aromatic heterocycles. The molecule has 1 aliphatic rings. The highest BCUT2D eigenvalue weighted by Crippen LogP contribution is 2.24. The van der Waals surface area contributed by atoms with Crippen molar-refractivity contribution >= 4 is 18.3 Å². The monoisotopic (exact) mass is 415 g/mol. The van der Waals surface area contributed by atoms with Crippen molar-refractivity contribution in [3.63, 3.8) is 0 Å². The Morgan fingerprint density at radius 2 is 1.90 bits per heavy atom. The smallest absolute Gasteiger partial charge is 0.290 e. The number of likely N-dealkylation sites (N-methyl/N-ethyl adjacent to an activating group) is 1. The molecule has 1 aromatic carbocycles. The molecule has 2 atom stereocenters. The Hall–Kier alpha value is -3.20. The third kappa shape index (κ3) is 6.70. The maximum atomic E-state index is 12.4. The van der Waals surface area contributed by atoms with Crippen LogP contribution in [0, 0.1) is 0 Å². The van der Waals surface area contributed by atoms with Crippen LogP contribution in [0.1, 0.15) is 35.2 Å². The molecule has 2 amide bonds. The summed E-state index contributed by atoms with van der Waals surface area (Å²) in [6.07, 6.45) is 5.83. The van der Waals surface area contributed by atoms with Crippen LogP contribution in [-0.4, -0.2) is 70.8 Å². The van der Waals surface area contributed by atoms with E-state index in [1.54, 1.807) is 24.1 Å². The van der Waals surface area contributed by atoms with Crippen LogP contribution < -0.4 is 10.6 Å². The number of aromatic nitrogens is 2. The van der Waals surface area contributed by atoms with Crippen molar-refractivity contribution in [2.45, 2.75) is 37.9 Å². The minimum Gasteiger partial charge on any atom is -0.483 e. The summed E-state index contributed by atoms with van der Waals surface area (Å²) in [7, 11) is 3.68. The van der Waals surface area contributed by atoms with Crippen molar-refractivity contribution in [2.75, 3.05) is 20.6 Å². The number of benzene rings is 1. The summed E-state index contributed by atoms with van der Waals surface area (Å²) in [4.78, 5) is 34.6. The molecule has 9 heteroatoms. The summed E-state index contributed by atoms with van der Waals surface area (Å²) in [5, 5.41) is 16.8. The molecule has 2 aromatic rings. The van der Waals surface area contributed by atoms with Gasteiger partial charge in [0.05, 0.1) is 18.3 Å². The van der Waals surface area contributed by atoms with E-state index in [9.17, 15) is 9.59 Å². The van der Waals surface area contributed by atoms with Gasteiger partial charge in [0.1, 0.15) is 0 Å². The van der Waals surface area contributed by atoms with Gasteiger partial charge in [-0.05, 0) is 25.5 Å². The highest BCUT2D eigenvalue weighted by Gasteiger charge is 2.31. The van der Waals surface area contributed by atoms with Crippen LogP contribution in [-0.2, 0) is 16.1 Å². The van der Waals surface area contributed by atoms with Gasteiger partial charge in [0.15, 0.2) is 0 Å². The average molecular weight is 415 g/mol. The Morgan fingerprint density at radius 3 is 2.57 bits per heavy atom. The van der Waals surface area contributed by atoms with Crippen LogP contribution in [0.25, 0.3) is 0 Å². The van der Waals surface area contributed by atoms with E-state index >= 15 is 0 Å². The number of amides is 2. The summed E-state index contributed by atoms with van der Waals surface area (Å²) in [5.74, 6) is -0.0557. The van der Waals surface area contributed by atoms with E-state index in [0.29, 0.717) is 25.1 Å². The number of carbonyl (C=O) groups excluding carboxylic acids is 2. The lowest BCUT2D eigenvalue weighted by atomic mass is 10.1. The van der Waals surface area contributed by atoms with Crippen molar-refractivity contribution in [1.29, 1.82) is 0 Å². The minimum absolute atomic E-state index is 0.0577. The Kier molecular flexibility index (Phi) is 9.02. The van der Waals surface area contributed by atoms with Crippen LogP contribution in [0.2, 0.25) is 0 Å². The third-order valence-corrected chi connectivity index (χ3v) is 5.27. The molecule has 0 aliphatic carbocycles. The van der Waals surface area contributed by atoms with Crippen LogP contribution >= 0.6 is 0 Å². The van der Waals surface area contributed by atoms with Crippen LogP contribution in [0.15, 0.2) is 42.7 Å². The second kappa shape index (κ2) is 11.7. The summed E-state index contributed by atoms with van der Waals surface area (Å²) in [6.45, 7) is 0.962. The minimum atomic E-state index is -0.250. The maximum Gasteiger partial charge on any atom is 0.290 e. The molecule has 2 heterocycles. The summed E-state index contributed by atoms with van der Waals surface area (Å²) in [6, 6.07) is 10.5. The van der Waals surface area contributed by atoms with E-state index in [-0.39, 0.29) is 30.4 Å². The second-order valence-electron chi connectivity index (χ2n) is 7.16. The first-order valence-electron chi connectivity index (χ1n) is 9.83. The molecule has 3 N–H and O–H groups in total. The quantitative estimate of drug-likeness (QED) is 0.580. The highest BCUT2D eigenvalue weighted by atomic mass is 16.3. The third-order valence-electron chi connectivity index (χ3n) is 5.27. The number of likely N-dealkylation sites (tertiary alicyclic amines) is 1. The molecule has 9 nitrogen and oxygen atoms in total. The molecule has 1 saturated heterocycles. The van der Waals surface area contributed by atoms with Gasteiger partial charge in [-0.2, -0.15) is 5.10 Å². The molecule has 162 valence electrons. The topological polar surface area (TPSA) is 117 Å². The fourth-order valence-corrected chi connectivity index (χ4v) is 3.55. The fraction of sp³-hybridized carbons (Fsp3) is 0.429. The van der Waals surface area contributed by atoms with E-state index in [1.807, 2.05) is 37.4 Å². The molecule has 0 bridgehead atoms. The second-order valence-corrected chi connectivity index (χ2v) is 7.16. The zero-order valence-corrected chi connectivity index (χ0v) is 17.3. The number of nitrogens with one attached hydrogen (secondary N) is 2. The van der Waals surface area contributed by atoms with Crippen molar-refractivity contribution in [2.24, 2.45) is 0 Å². The zero-order valence-electron chi connectivity index (χ0n) is 17.3. The van der Waals surface area contributed by atoms with Gasteiger partial charge in [-0.3, -0.25) is 24.0 Å². The zero-order chi connectivity index (χ0) is 21.9. The van der Waals surface area contributed by atoms with Crippen LogP contribution in [0.3, 0.4) is 0 Å². The van der Waals surface area contributed by atoms with E-state index in [4.69, 9.17) is 9.90 Å². The predicted octanol–water partition coefficient (Wildman–Crippen LogP) is 0.961. The molecule has 1 aliphatic heterocycles. The van der Waals surface area contributed by atoms with Crippen molar-refractivity contribution in [1.82, 2.24) is 25.3 Å². The first-order chi connectivity index (χ1) is 14.5. The number of hydrogen-bond donors (Lipinski definition) is 3. The lowest BCUT2D eigenvalue weighted by molar-refractivity contribution is -0.123. The molecular weight excluding hydrogens is 386 g/mol. The van der Waals surface area contributed by atoms with Gasteiger partial charge >= 0.3 is 0 Å². The molecule has 1 fully saturated rings. The Morgan fingerprint density at radius 1 is 1.23 bits per heavy atom. The lowest BCUT2D eigenvalue weighted by Crippen LogP contribution is -2.42. The first-order valence-corrected chi connectivity index (χ1v) is 9.83. The van der Waals surface area contributed by atoms with Gasteiger partial charge in [-0.15, -0.1) is 0 Å². The van der Waals surface area contributed by atoms with Gasteiger partial charge in [0, 0.05) is 38.3 Å². The molecule has 0 saturated carbocycles. The Bertz CT molecular complexity index is 824. The SMILES string of the molecule is CNC(=O)C[C@H]1CC[C@@H](CNC(=O)c2cnn(Cc3ccccc3)c2)N1C.O=CO. The molecule has 30 heavy (non-hydrogen) atoms. The number of carboxylic acid groups (broad SMARTS) is 1. The normalized spacial score (nSPS) is 18.2. The standard InChI is InChI=1S/C20H27N5O2.CH2O2/c1-21-19(26)10-17-8-9-18(24(17)2)12-22-20(27)16-11-23-25(14-16)13-15-6-4-3-5-7-15;2-1-3/h3-7,11,14,17-18H,8-10,12-13H2,1-2H3,(H,21,26)(H,22,27);1H,(H,2,3)/t17-,18+;/m1./s1. The van der Waals surface area contributed by atoms with Crippen molar-refractivity contribution in [3.05, 3.63) is 53.9 Å². The maximum absolute atomic E-state index is 12.4. The predicted molar refractivity (Wildman–Crippen MR) is 112 cm³/mol. The summed E-state index contributed by atoms with van der Waals surface area (Å²) in [5.41, 5.74) is 1.70. The fourth-order valence-electron chi connectivity index (χ4n) is 3.55. The molecule has 3 rings (SSSR count). The van der Waals surface area contributed by atoms with E-state index in [1.165, 1.54) is 0 Å². The molecule has 0 spiro atoms. The number of rotatable bonds is 7. The van der Waals surface area contributed by atoms with Crippen molar-refractivity contribution in [3.8, 4) is 0 Å². The van der Waals surface area contributed by atoms with Gasteiger partial charge in [-0.25, -0.2) is 0 Å². The largest absolute Gasteiger partial charge is 0.483 e. The number of hydrogen-bond acceptors (Lipinski definition) is 5. The van der Waals surface area contributed by atoms with E-state index in [2.05, 4.69) is 20.6 Å². The highest BCUT2D eigenvalue weighted by molar-refractivity contribution is 5.93. The van der Waals surface area contributed by atoms with Gasteiger partial charge < -0.3 is 15.7 Å². The van der Waals surface area contributed by atoms with E-state index < -0.39 is 0 Å². The lowest BCUT2D eigenvalue weighted by Gasteiger charge is -2.25. The van der Waals surface area contributed by atoms with Gasteiger partial charge in [0.25, 0.3) is 12.4 Å². The summed E-state index contributed by atoms with van der Waals surface area (Å²) < 4.78 is 1.77. The first kappa shape index (κ1) is 23.1. The van der Waals surface area contributed by atoms with Crippen LogP contribution in [0.5, 0.6) is 0 Å². The molecule has 0 unspecified atom stereocenters. The number of carbonyl (C=O) groups is 3. The van der Waals surface area contributed by atoms with Gasteiger partial charge in [-0.1, -0.05) is 30.3 Å². The molecular formula is C21H29N5O4. The summed E-state index contributed by atoms with van der Waals surface area (Å²) >= 11 is 0. The average Bonchev–Trinajstić information content (AvgIpc) is 3.35. The van der Waals surface area contributed by atoms with E-state index in [0.717, 1.165) is 18.4 Å². The molecule has 0 radical (unpaired) electrons. The Labute approximate surface area is 176 Å². The Balaban J connectivity index is 0.00000101. The van der Waals surface area contributed by atoms with Crippen LogP contribution in [0.4, 0.5) is 0 Å². The van der Waals surface area contributed by atoms with Gasteiger partial charge in [0.2, 0.25) is 5.91 Å².